The van der Waals surface area contributed by atoms with Gasteiger partial charge in [0, 0.05) is 0 Å². The fourth-order valence-corrected chi connectivity index (χ4v) is 1.83. The van der Waals surface area contributed by atoms with Crippen molar-refractivity contribution in [2.75, 3.05) is 12.4 Å². The molecule has 23 heavy (non-hydrogen) atoms. The maximum absolute atomic E-state index is 13.4. The molecule has 1 N–H and O–H groups in total. The normalized spacial score (nSPS) is 10.5. The molecule has 0 aliphatic heterocycles. The average molecular weight is 331 g/mol. The minimum absolute atomic E-state index is 0.316. The molecule has 122 valence electrons. The predicted molar refractivity (Wildman–Crippen MR) is 71.6 cm³/mol. The van der Waals surface area contributed by atoms with E-state index in [0.717, 1.165) is 0 Å². The van der Waals surface area contributed by atoms with Crippen molar-refractivity contribution in [2.24, 2.45) is 0 Å². The molecule has 0 fully saturated rings. The van der Waals surface area contributed by atoms with E-state index in [0.29, 0.717) is 11.3 Å². The Kier molecular flexibility index (Phi) is 4.83. The van der Waals surface area contributed by atoms with Gasteiger partial charge in [-0.25, -0.2) is 22.0 Å². The average Bonchev–Trinajstić information content (AvgIpc) is 2.56. The number of nitrogens with one attached hydrogen (secondary N) is 1. The summed E-state index contributed by atoms with van der Waals surface area (Å²) in [5.41, 5.74) is -0.910. The van der Waals surface area contributed by atoms with E-state index in [2.05, 4.69) is 0 Å². The van der Waals surface area contributed by atoms with Crippen LogP contribution in [0.5, 0.6) is 5.75 Å². The van der Waals surface area contributed by atoms with Crippen molar-refractivity contribution in [3.8, 4) is 5.75 Å². The summed E-state index contributed by atoms with van der Waals surface area (Å²) in [5.74, 6) is -11.1. The van der Waals surface area contributed by atoms with Crippen molar-refractivity contribution >= 4 is 11.6 Å². The monoisotopic (exact) mass is 331 g/mol. The van der Waals surface area contributed by atoms with E-state index >= 15 is 0 Å². The van der Waals surface area contributed by atoms with Crippen LogP contribution in [0.15, 0.2) is 24.3 Å². The molecular formula is C15H10F5NO2. The zero-order valence-corrected chi connectivity index (χ0v) is 11.7. The van der Waals surface area contributed by atoms with Gasteiger partial charge in [0.25, 0.3) is 0 Å². The molecule has 2 aromatic carbocycles. The van der Waals surface area contributed by atoms with Gasteiger partial charge in [0.1, 0.15) is 11.4 Å². The maximum Gasteiger partial charge on any atom is 0.228 e. The summed E-state index contributed by atoms with van der Waals surface area (Å²) < 4.78 is 70.8. The van der Waals surface area contributed by atoms with Crippen LogP contribution in [0.1, 0.15) is 5.56 Å². The van der Waals surface area contributed by atoms with Crippen molar-refractivity contribution in [1.29, 1.82) is 0 Å². The molecule has 0 heterocycles. The van der Waals surface area contributed by atoms with Gasteiger partial charge in [-0.15, -0.1) is 0 Å². The molecule has 0 spiro atoms. The van der Waals surface area contributed by atoms with Crippen LogP contribution >= 0.6 is 0 Å². The smallest absolute Gasteiger partial charge is 0.228 e. The first-order valence-corrected chi connectivity index (χ1v) is 6.29. The Labute approximate surface area is 127 Å². The number of amides is 1. The highest BCUT2D eigenvalue weighted by molar-refractivity contribution is 5.92. The number of carbonyl (C=O) groups is 1. The van der Waals surface area contributed by atoms with Crippen LogP contribution in [0.4, 0.5) is 27.6 Å². The lowest BCUT2D eigenvalue weighted by Crippen LogP contribution is -2.18. The van der Waals surface area contributed by atoms with Crippen LogP contribution < -0.4 is 10.1 Å². The number of rotatable bonds is 4. The number of benzene rings is 2. The minimum atomic E-state index is -2.28. The third-order valence-electron chi connectivity index (χ3n) is 3.00. The van der Waals surface area contributed by atoms with E-state index in [1.54, 1.807) is 17.4 Å². The second-order valence-electron chi connectivity index (χ2n) is 4.52. The van der Waals surface area contributed by atoms with Gasteiger partial charge in [-0.1, -0.05) is 12.1 Å². The molecule has 8 heteroatoms. The lowest BCUT2D eigenvalue weighted by Gasteiger charge is -2.10. The van der Waals surface area contributed by atoms with E-state index in [1.165, 1.54) is 19.2 Å². The summed E-state index contributed by atoms with van der Waals surface area (Å²) in [7, 11) is 1.45. The highest BCUT2D eigenvalue weighted by Gasteiger charge is 2.26. The molecule has 0 aliphatic rings. The second-order valence-corrected chi connectivity index (χ2v) is 4.52. The molecule has 2 rings (SSSR count). The van der Waals surface area contributed by atoms with Gasteiger partial charge in [0.2, 0.25) is 11.7 Å². The Morgan fingerprint density at radius 3 is 1.87 bits per heavy atom. The number of ether oxygens (including phenoxy) is 1. The molecule has 1 amide bonds. The van der Waals surface area contributed by atoms with Gasteiger partial charge in [-0.05, 0) is 17.7 Å². The van der Waals surface area contributed by atoms with E-state index < -0.39 is 40.7 Å². The highest BCUT2D eigenvalue weighted by Crippen LogP contribution is 2.27. The summed E-state index contributed by atoms with van der Waals surface area (Å²) in [6, 6.07) is 6.16. The van der Waals surface area contributed by atoms with Gasteiger partial charge in [-0.3, -0.25) is 4.79 Å². The Bertz CT molecular complexity index is 718. The molecule has 3 nitrogen and oxygen atoms in total. The zero-order valence-electron chi connectivity index (χ0n) is 11.7. The van der Waals surface area contributed by atoms with Crippen molar-refractivity contribution in [3.05, 3.63) is 58.9 Å². The van der Waals surface area contributed by atoms with E-state index in [1.807, 2.05) is 0 Å². The third kappa shape index (κ3) is 3.41. The fraction of sp³-hybridized carbons (Fsp3) is 0.133. The molecule has 0 radical (unpaired) electrons. The molecule has 0 saturated carbocycles. The second kappa shape index (κ2) is 6.64. The maximum atomic E-state index is 13.4. The van der Waals surface area contributed by atoms with Crippen LogP contribution in [-0.4, -0.2) is 13.0 Å². The minimum Gasteiger partial charge on any atom is -0.497 e. The summed E-state index contributed by atoms with van der Waals surface area (Å²) in [6.07, 6.45) is -0.316. The zero-order chi connectivity index (χ0) is 17.1. The number of hydrogen-bond acceptors (Lipinski definition) is 2. The highest BCUT2D eigenvalue weighted by atomic mass is 19.2. The lowest BCUT2D eigenvalue weighted by atomic mass is 10.1. The summed E-state index contributed by atoms with van der Waals surface area (Å²) in [6.45, 7) is 0. The lowest BCUT2D eigenvalue weighted by molar-refractivity contribution is -0.115. The quantitative estimate of drug-likeness (QED) is 0.528. The molecule has 2 aromatic rings. The first-order chi connectivity index (χ1) is 10.8. The van der Waals surface area contributed by atoms with Crippen LogP contribution in [0, 0.1) is 29.1 Å². The fourth-order valence-electron chi connectivity index (χ4n) is 1.83. The standard InChI is InChI=1S/C15H10F5NO2/c1-23-8-4-2-7(3-5-8)6-9(22)21-15-13(19)11(17)10(16)12(18)14(15)20/h2-5H,6H2,1H3,(H,21,22). The van der Waals surface area contributed by atoms with Gasteiger partial charge in [-0.2, -0.15) is 0 Å². The van der Waals surface area contributed by atoms with Gasteiger partial charge in [0.15, 0.2) is 23.3 Å². The molecule has 0 aliphatic carbocycles. The Morgan fingerprint density at radius 1 is 0.913 bits per heavy atom. The predicted octanol–water partition coefficient (Wildman–Crippen LogP) is 3.57. The van der Waals surface area contributed by atoms with Crippen LogP contribution in [0.3, 0.4) is 0 Å². The SMILES string of the molecule is COc1ccc(CC(=O)Nc2c(F)c(F)c(F)c(F)c2F)cc1. The van der Waals surface area contributed by atoms with Crippen LogP contribution in [0.2, 0.25) is 0 Å². The van der Waals surface area contributed by atoms with Crippen LogP contribution in [0.25, 0.3) is 0 Å². The number of anilines is 1. The summed E-state index contributed by atoms with van der Waals surface area (Å²) in [4.78, 5) is 11.7. The summed E-state index contributed by atoms with van der Waals surface area (Å²) in [5, 5.41) is 1.70. The number of carbonyl (C=O) groups excluding carboxylic acids is 1. The van der Waals surface area contributed by atoms with E-state index in [9.17, 15) is 26.7 Å². The van der Waals surface area contributed by atoms with E-state index in [-0.39, 0.29) is 6.42 Å². The van der Waals surface area contributed by atoms with Crippen LogP contribution in [-0.2, 0) is 11.2 Å². The Balaban J connectivity index is 2.20. The van der Waals surface area contributed by atoms with Crippen molar-refractivity contribution in [3.63, 3.8) is 0 Å². The molecular weight excluding hydrogens is 321 g/mol. The third-order valence-corrected chi connectivity index (χ3v) is 3.00. The first-order valence-electron chi connectivity index (χ1n) is 6.29. The topological polar surface area (TPSA) is 38.3 Å². The van der Waals surface area contributed by atoms with Gasteiger partial charge in [0.05, 0.1) is 13.5 Å². The van der Waals surface area contributed by atoms with Crippen molar-refractivity contribution in [2.45, 2.75) is 6.42 Å². The van der Waals surface area contributed by atoms with Crippen molar-refractivity contribution < 1.29 is 31.5 Å². The number of hydrogen-bond donors (Lipinski definition) is 1. The number of halogens is 5. The molecule has 0 bridgehead atoms. The van der Waals surface area contributed by atoms with Crippen molar-refractivity contribution in [1.82, 2.24) is 0 Å². The largest absolute Gasteiger partial charge is 0.497 e. The Hall–Kier alpha value is -2.64. The number of methoxy groups -OCH3 is 1. The molecule has 0 atom stereocenters. The Morgan fingerprint density at radius 2 is 1.39 bits per heavy atom. The summed E-state index contributed by atoms with van der Waals surface area (Å²) >= 11 is 0. The van der Waals surface area contributed by atoms with Gasteiger partial charge < -0.3 is 10.1 Å². The molecule has 0 unspecified atom stereocenters. The van der Waals surface area contributed by atoms with Gasteiger partial charge >= 0.3 is 0 Å². The molecule has 0 aromatic heterocycles. The first kappa shape index (κ1) is 16.7. The molecule has 0 saturated heterocycles. The van der Waals surface area contributed by atoms with E-state index in [4.69, 9.17) is 4.74 Å².